The summed E-state index contributed by atoms with van der Waals surface area (Å²) in [6, 6.07) is 14.1. The van der Waals surface area contributed by atoms with Gasteiger partial charge in [0, 0.05) is 5.02 Å². The zero-order valence-electron chi connectivity index (χ0n) is 12.6. The van der Waals surface area contributed by atoms with Crippen molar-refractivity contribution in [1.29, 1.82) is 0 Å². The summed E-state index contributed by atoms with van der Waals surface area (Å²) in [5.74, 6) is -0.678. The lowest BCUT2D eigenvalue weighted by Gasteiger charge is -2.14. The summed E-state index contributed by atoms with van der Waals surface area (Å²) in [5, 5.41) is 9.74. The highest BCUT2D eigenvalue weighted by Crippen LogP contribution is 2.39. The number of hydrogen-bond donors (Lipinski definition) is 1. The second kappa shape index (κ2) is 7.07. The average Bonchev–Trinajstić information content (AvgIpc) is 2.59. The molecule has 0 saturated carbocycles. The van der Waals surface area contributed by atoms with Crippen LogP contribution >= 0.6 is 23.4 Å². The van der Waals surface area contributed by atoms with Crippen LogP contribution in [0.2, 0.25) is 5.02 Å². The highest BCUT2D eigenvalue weighted by Gasteiger charge is 2.24. The first kappa shape index (κ1) is 16.5. The van der Waals surface area contributed by atoms with Gasteiger partial charge in [0.1, 0.15) is 5.25 Å². The van der Waals surface area contributed by atoms with Crippen molar-refractivity contribution in [3.05, 3.63) is 59.1 Å². The number of nitrogens with zero attached hydrogens (tertiary/aromatic N) is 2. The lowest BCUT2D eigenvalue weighted by atomic mass is 10.1. The van der Waals surface area contributed by atoms with Crippen molar-refractivity contribution in [3.8, 4) is 5.88 Å². The van der Waals surface area contributed by atoms with Crippen LogP contribution in [-0.4, -0.2) is 28.2 Å². The Bertz CT molecular complexity index is 890. The fourth-order valence-electron chi connectivity index (χ4n) is 2.21. The molecular weight excluding hydrogens is 348 g/mol. The lowest BCUT2D eigenvalue weighted by molar-refractivity contribution is -0.136. The fraction of sp³-hybridized carbons (Fsp3) is 0.118. The minimum atomic E-state index is -0.953. The summed E-state index contributed by atoms with van der Waals surface area (Å²) in [6.45, 7) is 0. The molecule has 0 spiro atoms. The number of benzene rings is 2. The summed E-state index contributed by atoms with van der Waals surface area (Å²) < 4.78 is 5.28. The SMILES string of the molecule is COc1nc2cc(Cl)ccc2nc1SC(C(=O)O)c1ccccc1. The Hall–Kier alpha value is -2.31. The predicted molar refractivity (Wildman–Crippen MR) is 93.8 cm³/mol. The zero-order valence-corrected chi connectivity index (χ0v) is 14.2. The van der Waals surface area contributed by atoms with E-state index in [2.05, 4.69) is 9.97 Å². The molecule has 5 nitrogen and oxygen atoms in total. The molecule has 1 N–H and O–H groups in total. The molecule has 3 rings (SSSR count). The van der Waals surface area contributed by atoms with E-state index in [0.717, 1.165) is 11.8 Å². The van der Waals surface area contributed by atoms with E-state index in [4.69, 9.17) is 16.3 Å². The molecule has 1 atom stereocenters. The van der Waals surface area contributed by atoms with Crippen LogP contribution in [0.4, 0.5) is 0 Å². The van der Waals surface area contributed by atoms with Gasteiger partial charge in [-0.15, -0.1) is 0 Å². The van der Waals surface area contributed by atoms with Crippen LogP contribution in [0, 0.1) is 0 Å². The van der Waals surface area contributed by atoms with Gasteiger partial charge in [0.05, 0.1) is 18.1 Å². The number of carboxylic acids is 1. The summed E-state index contributed by atoms with van der Waals surface area (Å²) in [7, 11) is 1.47. The van der Waals surface area contributed by atoms with Gasteiger partial charge in [-0.1, -0.05) is 53.7 Å². The van der Waals surface area contributed by atoms with Crippen molar-refractivity contribution >= 4 is 40.4 Å². The van der Waals surface area contributed by atoms with Crippen molar-refractivity contribution < 1.29 is 14.6 Å². The Morgan fingerprint density at radius 2 is 1.92 bits per heavy atom. The molecule has 0 fully saturated rings. The summed E-state index contributed by atoms with van der Waals surface area (Å²) in [4.78, 5) is 20.6. The van der Waals surface area contributed by atoms with Crippen LogP contribution in [0.3, 0.4) is 0 Å². The molecule has 24 heavy (non-hydrogen) atoms. The minimum Gasteiger partial charge on any atom is -0.480 e. The number of aromatic nitrogens is 2. The van der Waals surface area contributed by atoms with E-state index in [0.29, 0.717) is 26.6 Å². The molecule has 3 aromatic rings. The molecule has 0 bridgehead atoms. The first-order valence-corrected chi connectivity index (χ1v) is 8.30. The van der Waals surface area contributed by atoms with Crippen molar-refractivity contribution in [3.63, 3.8) is 0 Å². The molecule has 0 aliphatic heterocycles. The molecule has 2 aromatic carbocycles. The number of aliphatic carboxylic acids is 1. The second-order valence-corrected chi connectivity index (χ2v) is 6.45. The van der Waals surface area contributed by atoms with Crippen molar-refractivity contribution in [1.82, 2.24) is 9.97 Å². The predicted octanol–water partition coefficient (Wildman–Crippen LogP) is 4.21. The molecule has 1 heterocycles. The minimum absolute atomic E-state index is 0.275. The van der Waals surface area contributed by atoms with Gasteiger partial charge in [-0.2, -0.15) is 0 Å². The number of rotatable bonds is 5. The number of methoxy groups -OCH3 is 1. The van der Waals surface area contributed by atoms with Gasteiger partial charge >= 0.3 is 5.97 Å². The quantitative estimate of drug-likeness (QED) is 0.687. The standard InChI is InChI=1S/C17H13ClN2O3S/c1-23-15-16(20-12-8-7-11(18)9-13(12)19-15)24-14(17(21)22)10-5-3-2-4-6-10/h2-9,14H,1H3,(H,21,22). The first-order valence-electron chi connectivity index (χ1n) is 7.04. The summed E-state index contributed by atoms with van der Waals surface area (Å²) in [5.41, 5.74) is 1.89. The van der Waals surface area contributed by atoms with Gasteiger partial charge in [-0.3, -0.25) is 4.79 Å². The van der Waals surface area contributed by atoms with Crippen molar-refractivity contribution in [2.75, 3.05) is 7.11 Å². The molecule has 1 unspecified atom stereocenters. The van der Waals surface area contributed by atoms with E-state index in [1.165, 1.54) is 7.11 Å². The van der Waals surface area contributed by atoms with E-state index in [1.54, 1.807) is 42.5 Å². The highest BCUT2D eigenvalue weighted by molar-refractivity contribution is 8.00. The second-order valence-electron chi connectivity index (χ2n) is 4.92. The third-order valence-electron chi connectivity index (χ3n) is 3.31. The Morgan fingerprint density at radius 1 is 1.17 bits per heavy atom. The molecule has 0 amide bonds. The fourth-order valence-corrected chi connectivity index (χ4v) is 3.37. The third-order valence-corrected chi connectivity index (χ3v) is 4.75. The smallest absolute Gasteiger partial charge is 0.321 e. The Kier molecular flexibility index (Phi) is 4.87. The Balaban J connectivity index is 2.04. The maximum Gasteiger partial charge on any atom is 0.321 e. The van der Waals surface area contributed by atoms with Gasteiger partial charge in [0.25, 0.3) is 0 Å². The Labute approximate surface area is 147 Å². The average molecular weight is 361 g/mol. The molecule has 0 saturated heterocycles. The van der Waals surface area contributed by atoms with Crippen LogP contribution in [-0.2, 0) is 4.79 Å². The number of fused-ring (bicyclic) bond motifs is 1. The molecule has 0 radical (unpaired) electrons. The van der Waals surface area contributed by atoms with E-state index >= 15 is 0 Å². The first-order chi connectivity index (χ1) is 11.6. The van der Waals surface area contributed by atoms with E-state index in [-0.39, 0.29) is 5.88 Å². The number of carboxylic acid groups (broad SMARTS) is 1. The zero-order chi connectivity index (χ0) is 17.1. The molecule has 0 aliphatic rings. The number of halogens is 1. The van der Waals surface area contributed by atoms with Gasteiger partial charge in [-0.25, -0.2) is 9.97 Å². The van der Waals surface area contributed by atoms with Crippen LogP contribution in [0.15, 0.2) is 53.6 Å². The number of carbonyl (C=O) groups is 1. The largest absolute Gasteiger partial charge is 0.480 e. The van der Waals surface area contributed by atoms with Crippen LogP contribution in [0.5, 0.6) is 5.88 Å². The monoisotopic (exact) mass is 360 g/mol. The van der Waals surface area contributed by atoms with E-state index in [9.17, 15) is 9.90 Å². The summed E-state index contributed by atoms with van der Waals surface area (Å²) in [6.07, 6.45) is 0. The molecular formula is C17H13ClN2O3S. The van der Waals surface area contributed by atoms with Crippen molar-refractivity contribution in [2.24, 2.45) is 0 Å². The van der Waals surface area contributed by atoms with Crippen LogP contribution in [0.25, 0.3) is 11.0 Å². The number of hydrogen-bond acceptors (Lipinski definition) is 5. The topological polar surface area (TPSA) is 72.3 Å². The summed E-state index contributed by atoms with van der Waals surface area (Å²) >= 11 is 7.06. The molecule has 122 valence electrons. The van der Waals surface area contributed by atoms with Gasteiger partial charge < -0.3 is 9.84 Å². The molecule has 1 aromatic heterocycles. The number of thioether (sulfide) groups is 1. The Morgan fingerprint density at radius 3 is 2.58 bits per heavy atom. The third kappa shape index (κ3) is 3.44. The highest BCUT2D eigenvalue weighted by atomic mass is 35.5. The van der Waals surface area contributed by atoms with Crippen LogP contribution < -0.4 is 4.74 Å². The lowest BCUT2D eigenvalue weighted by Crippen LogP contribution is -2.09. The molecule has 7 heteroatoms. The number of ether oxygens (including phenoxy) is 1. The maximum atomic E-state index is 11.7. The van der Waals surface area contributed by atoms with Gasteiger partial charge in [0.2, 0.25) is 5.88 Å². The normalized spacial score (nSPS) is 12.1. The van der Waals surface area contributed by atoms with Gasteiger partial charge in [-0.05, 0) is 23.8 Å². The van der Waals surface area contributed by atoms with E-state index < -0.39 is 11.2 Å². The molecule has 0 aliphatic carbocycles. The van der Waals surface area contributed by atoms with E-state index in [1.807, 2.05) is 6.07 Å². The van der Waals surface area contributed by atoms with Gasteiger partial charge in [0.15, 0.2) is 5.03 Å². The van der Waals surface area contributed by atoms with Crippen molar-refractivity contribution in [2.45, 2.75) is 10.3 Å². The maximum absolute atomic E-state index is 11.7. The van der Waals surface area contributed by atoms with Crippen LogP contribution in [0.1, 0.15) is 10.8 Å².